The molecule has 0 aromatic heterocycles. The minimum Gasteiger partial charge on any atom is -0.355 e. The Hall–Kier alpha value is -1.75. The molecule has 1 fully saturated rings. The Kier molecular flexibility index (Phi) is 5.29. The van der Waals surface area contributed by atoms with Crippen LogP contribution in [-0.4, -0.2) is 37.0 Å². The number of rotatable bonds is 2. The number of hydrogen-bond acceptors (Lipinski definition) is 2. The van der Waals surface area contributed by atoms with Crippen molar-refractivity contribution in [2.75, 3.05) is 25.5 Å². The van der Waals surface area contributed by atoms with Gasteiger partial charge in [0.2, 0.25) is 0 Å². The minimum absolute atomic E-state index is 0.172. The fourth-order valence-electron chi connectivity index (χ4n) is 2.93. The summed E-state index contributed by atoms with van der Waals surface area (Å²) in [5.74, 6) is 0.761. The highest BCUT2D eigenvalue weighted by atomic mass is 35.5. The number of piperidine rings is 1. The molecule has 1 aromatic rings. The van der Waals surface area contributed by atoms with Crippen LogP contribution in [0.2, 0.25) is 5.02 Å². The van der Waals surface area contributed by atoms with Gasteiger partial charge in [-0.2, -0.15) is 0 Å². The third-order valence-electron chi connectivity index (χ3n) is 3.85. The molecule has 1 heterocycles. The summed E-state index contributed by atoms with van der Waals surface area (Å²) in [7, 11) is 1.56. The molecule has 1 aromatic carbocycles. The molecule has 1 aliphatic heterocycles. The summed E-state index contributed by atoms with van der Waals surface area (Å²) in [5, 5.41) is 5.78. The maximum absolute atomic E-state index is 12.4. The molecule has 6 heteroatoms. The Balaban J connectivity index is 2.12. The van der Waals surface area contributed by atoms with E-state index < -0.39 is 0 Å². The number of carbonyl (C=O) groups excluding carboxylic acids is 2. The van der Waals surface area contributed by atoms with Crippen LogP contribution in [0, 0.1) is 11.8 Å². The van der Waals surface area contributed by atoms with Crippen LogP contribution >= 0.6 is 11.6 Å². The van der Waals surface area contributed by atoms with Crippen molar-refractivity contribution in [1.29, 1.82) is 0 Å². The maximum Gasteiger partial charge on any atom is 0.321 e. The number of urea groups is 1. The molecule has 2 rings (SSSR count). The van der Waals surface area contributed by atoms with Crippen molar-refractivity contribution in [2.45, 2.75) is 20.3 Å². The van der Waals surface area contributed by atoms with Crippen LogP contribution in [0.25, 0.3) is 0 Å². The van der Waals surface area contributed by atoms with E-state index in [9.17, 15) is 9.59 Å². The van der Waals surface area contributed by atoms with Gasteiger partial charge in [-0.05, 0) is 36.5 Å². The quantitative estimate of drug-likeness (QED) is 0.878. The van der Waals surface area contributed by atoms with Crippen molar-refractivity contribution in [1.82, 2.24) is 10.2 Å². The molecular formula is C16H22ClN3O2. The first-order chi connectivity index (χ1) is 10.4. The third kappa shape index (κ3) is 3.91. The largest absolute Gasteiger partial charge is 0.355 e. The van der Waals surface area contributed by atoms with Gasteiger partial charge in [0.15, 0.2) is 0 Å². The number of nitrogens with one attached hydrogen (secondary N) is 2. The first-order valence-corrected chi connectivity index (χ1v) is 7.86. The first-order valence-electron chi connectivity index (χ1n) is 7.48. The molecule has 2 atom stereocenters. The van der Waals surface area contributed by atoms with E-state index in [2.05, 4.69) is 24.5 Å². The van der Waals surface area contributed by atoms with Gasteiger partial charge in [0.25, 0.3) is 5.91 Å². The summed E-state index contributed by atoms with van der Waals surface area (Å²) in [4.78, 5) is 25.9. The first kappa shape index (κ1) is 16.6. The minimum atomic E-state index is -0.215. The number of amides is 3. The predicted molar refractivity (Wildman–Crippen MR) is 88.4 cm³/mol. The Morgan fingerprint density at radius 3 is 2.45 bits per heavy atom. The highest BCUT2D eigenvalue weighted by Gasteiger charge is 2.25. The summed E-state index contributed by atoms with van der Waals surface area (Å²) < 4.78 is 0. The van der Waals surface area contributed by atoms with E-state index in [-0.39, 0.29) is 11.9 Å². The maximum atomic E-state index is 12.4. The molecule has 0 aliphatic carbocycles. The zero-order valence-electron chi connectivity index (χ0n) is 13.1. The average Bonchev–Trinajstić information content (AvgIpc) is 2.47. The molecule has 0 unspecified atom stereocenters. The van der Waals surface area contributed by atoms with Gasteiger partial charge in [-0.25, -0.2) is 4.79 Å². The van der Waals surface area contributed by atoms with Crippen LogP contribution in [0.4, 0.5) is 10.5 Å². The van der Waals surface area contributed by atoms with Crippen molar-refractivity contribution in [3.05, 3.63) is 28.8 Å². The molecule has 0 bridgehead atoms. The highest BCUT2D eigenvalue weighted by Crippen LogP contribution is 2.25. The Bertz CT molecular complexity index is 567. The molecule has 1 aliphatic rings. The third-order valence-corrected chi connectivity index (χ3v) is 4.18. The van der Waals surface area contributed by atoms with Gasteiger partial charge in [0.1, 0.15) is 0 Å². The summed E-state index contributed by atoms with van der Waals surface area (Å²) in [6.45, 7) is 5.77. The van der Waals surface area contributed by atoms with Crippen LogP contribution in [0.1, 0.15) is 30.6 Å². The van der Waals surface area contributed by atoms with E-state index in [0.717, 1.165) is 19.5 Å². The van der Waals surface area contributed by atoms with Gasteiger partial charge in [-0.15, -0.1) is 0 Å². The lowest BCUT2D eigenvalue weighted by Crippen LogP contribution is -2.44. The van der Waals surface area contributed by atoms with E-state index >= 15 is 0 Å². The van der Waals surface area contributed by atoms with Gasteiger partial charge in [0.05, 0.1) is 10.7 Å². The van der Waals surface area contributed by atoms with Gasteiger partial charge < -0.3 is 15.5 Å². The van der Waals surface area contributed by atoms with E-state index in [1.165, 1.54) is 0 Å². The summed E-state index contributed by atoms with van der Waals surface area (Å²) >= 11 is 6.12. The van der Waals surface area contributed by atoms with Gasteiger partial charge in [0, 0.05) is 25.7 Å². The van der Waals surface area contributed by atoms with Crippen LogP contribution in [-0.2, 0) is 0 Å². The van der Waals surface area contributed by atoms with Gasteiger partial charge in [-0.1, -0.05) is 25.4 Å². The molecule has 0 radical (unpaired) electrons. The standard InChI is InChI=1S/C16H22ClN3O2/c1-10-6-11(2)9-20(8-10)16(22)19-14-7-12(15(21)18-3)4-5-13(14)17/h4-5,7,10-11H,6,8-9H2,1-3H3,(H,18,21)(H,19,22)/t10-,11+. The number of nitrogens with zero attached hydrogens (tertiary/aromatic N) is 1. The van der Waals surface area contributed by atoms with Gasteiger partial charge >= 0.3 is 6.03 Å². The second-order valence-corrected chi connectivity index (χ2v) is 6.46. The van der Waals surface area contributed by atoms with E-state index in [1.54, 1.807) is 25.2 Å². The second-order valence-electron chi connectivity index (χ2n) is 6.05. The van der Waals surface area contributed by atoms with E-state index in [1.807, 2.05) is 4.90 Å². The molecule has 2 N–H and O–H groups in total. The fourth-order valence-corrected chi connectivity index (χ4v) is 3.09. The number of benzene rings is 1. The normalized spacial score (nSPS) is 21.4. The van der Waals surface area contributed by atoms with E-state index in [0.29, 0.717) is 28.1 Å². The number of halogens is 1. The zero-order chi connectivity index (χ0) is 16.3. The molecule has 0 saturated carbocycles. The molecule has 120 valence electrons. The summed E-state index contributed by atoms with van der Waals surface area (Å²) in [6, 6.07) is 4.66. The molecule has 22 heavy (non-hydrogen) atoms. The number of anilines is 1. The smallest absolute Gasteiger partial charge is 0.321 e. The lowest BCUT2D eigenvalue weighted by Gasteiger charge is -2.35. The van der Waals surface area contributed by atoms with Crippen LogP contribution in [0.15, 0.2) is 18.2 Å². The van der Waals surface area contributed by atoms with Crippen molar-refractivity contribution in [3.63, 3.8) is 0 Å². The Morgan fingerprint density at radius 2 is 1.86 bits per heavy atom. The molecular weight excluding hydrogens is 302 g/mol. The van der Waals surface area contributed by atoms with Crippen molar-refractivity contribution < 1.29 is 9.59 Å². The predicted octanol–water partition coefficient (Wildman–Crippen LogP) is 3.21. The monoisotopic (exact) mass is 323 g/mol. The lowest BCUT2D eigenvalue weighted by atomic mass is 9.92. The fraction of sp³-hybridized carbons (Fsp3) is 0.500. The van der Waals surface area contributed by atoms with Crippen LogP contribution < -0.4 is 10.6 Å². The summed E-state index contributed by atoms with van der Waals surface area (Å²) in [5.41, 5.74) is 0.918. The van der Waals surface area contributed by atoms with Crippen molar-refractivity contribution in [3.8, 4) is 0 Å². The molecule has 3 amide bonds. The van der Waals surface area contributed by atoms with Crippen LogP contribution in [0.3, 0.4) is 0 Å². The van der Waals surface area contributed by atoms with Crippen molar-refractivity contribution >= 4 is 29.2 Å². The number of likely N-dealkylation sites (tertiary alicyclic amines) is 1. The SMILES string of the molecule is CNC(=O)c1ccc(Cl)c(NC(=O)N2C[C@H](C)C[C@H](C)C2)c1. The number of hydrogen-bond donors (Lipinski definition) is 2. The Morgan fingerprint density at radius 1 is 1.23 bits per heavy atom. The summed E-state index contributed by atoms with van der Waals surface area (Å²) in [6.07, 6.45) is 1.14. The average molecular weight is 324 g/mol. The highest BCUT2D eigenvalue weighted by molar-refractivity contribution is 6.33. The number of carbonyl (C=O) groups is 2. The zero-order valence-corrected chi connectivity index (χ0v) is 13.9. The Labute approximate surface area is 136 Å². The molecule has 5 nitrogen and oxygen atoms in total. The van der Waals surface area contributed by atoms with E-state index in [4.69, 9.17) is 11.6 Å². The second kappa shape index (κ2) is 7.01. The topological polar surface area (TPSA) is 61.4 Å². The van der Waals surface area contributed by atoms with Gasteiger partial charge in [-0.3, -0.25) is 4.79 Å². The van der Waals surface area contributed by atoms with Crippen molar-refractivity contribution in [2.24, 2.45) is 11.8 Å². The molecule has 0 spiro atoms. The van der Waals surface area contributed by atoms with Crippen LogP contribution in [0.5, 0.6) is 0 Å². The molecule has 1 saturated heterocycles. The lowest BCUT2D eigenvalue weighted by molar-refractivity contribution is 0.0963.